The Hall–Kier alpha value is -1.10. The molecule has 110 valence electrons. The molecule has 20 heavy (non-hydrogen) atoms. The van der Waals surface area contributed by atoms with Gasteiger partial charge in [-0.2, -0.15) is 0 Å². The third-order valence-electron chi connectivity index (χ3n) is 3.05. The van der Waals surface area contributed by atoms with Gasteiger partial charge in [-0.05, 0) is 39.8 Å². The van der Waals surface area contributed by atoms with Crippen LogP contribution in [0.3, 0.4) is 0 Å². The molecule has 0 fully saturated rings. The summed E-state index contributed by atoms with van der Waals surface area (Å²) in [6.07, 6.45) is -0.462. The first-order valence-corrected chi connectivity index (χ1v) is 7.37. The average Bonchev–Trinajstić information content (AvgIpc) is 2.79. The molecule has 0 aliphatic heterocycles. The first kappa shape index (κ1) is 15.3. The minimum atomic E-state index is -0.462. The number of halogens is 1. The van der Waals surface area contributed by atoms with Crippen molar-refractivity contribution in [1.29, 1.82) is 0 Å². The standard InChI is InChI=1S/C15H21ClN2O2/c1-5-19-15(20-6-2)14-17-12-9-7-8-11(16)13(12)18(14)10(3)4/h7-10,15H,5-6H2,1-4H3. The third kappa shape index (κ3) is 2.82. The van der Waals surface area contributed by atoms with Crippen LogP contribution < -0.4 is 0 Å². The van der Waals surface area contributed by atoms with E-state index in [1.807, 2.05) is 32.0 Å². The molecule has 2 aromatic rings. The Kier molecular flexibility index (Phi) is 5.02. The second-order valence-electron chi connectivity index (χ2n) is 4.78. The van der Waals surface area contributed by atoms with Crippen LogP contribution in [0.4, 0.5) is 0 Å². The van der Waals surface area contributed by atoms with E-state index < -0.39 is 6.29 Å². The van der Waals surface area contributed by atoms with Gasteiger partial charge in [0.15, 0.2) is 5.82 Å². The van der Waals surface area contributed by atoms with E-state index in [0.29, 0.717) is 18.2 Å². The van der Waals surface area contributed by atoms with E-state index in [0.717, 1.165) is 16.9 Å². The normalized spacial score (nSPS) is 11.9. The lowest BCUT2D eigenvalue weighted by molar-refractivity contribution is -0.146. The maximum Gasteiger partial charge on any atom is 0.217 e. The highest BCUT2D eigenvalue weighted by Gasteiger charge is 2.23. The summed E-state index contributed by atoms with van der Waals surface area (Å²) in [6.45, 7) is 9.23. The smallest absolute Gasteiger partial charge is 0.217 e. The van der Waals surface area contributed by atoms with Gasteiger partial charge in [0.05, 0.1) is 16.1 Å². The number of fused-ring (bicyclic) bond motifs is 1. The average molecular weight is 297 g/mol. The molecule has 1 aromatic carbocycles. The second kappa shape index (κ2) is 6.57. The van der Waals surface area contributed by atoms with E-state index in [9.17, 15) is 0 Å². The highest BCUT2D eigenvalue weighted by Crippen LogP contribution is 2.31. The van der Waals surface area contributed by atoms with Crippen LogP contribution in [0.5, 0.6) is 0 Å². The van der Waals surface area contributed by atoms with Crippen molar-refractivity contribution in [2.24, 2.45) is 0 Å². The monoisotopic (exact) mass is 296 g/mol. The van der Waals surface area contributed by atoms with Gasteiger partial charge in [-0.25, -0.2) is 4.98 Å². The molecular formula is C15H21ClN2O2. The molecule has 0 radical (unpaired) electrons. The predicted molar refractivity (Wildman–Crippen MR) is 81.1 cm³/mol. The Balaban J connectivity index is 2.62. The van der Waals surface area contributed by atoms with Gasteiger partial charge in [0, 0.05) is 19.3 Å². The molecule has 1 heterocycles. The van der Waals surface area contributed by atoms with Crippen LogP contribution in [-0.2, 0) is 9.47 Å². The fraction of sp³-hybridized carbons (Fsp3) is 0.533. The van der Waals surface area contributed by atoms with Gasteiger partial charge in [0.2, 0.25) is 6.29 Å². The van der Waals surface area contributed by atoms with Crippen LogP contribution >= 0.6 is 11.6 Å². The lowest BCUT2D eigenvalue weighted by atomic mass is 10.3. The number of ether oxygens (including phenoxy) is 2. The van der Waals surface area contributed by atoms with Crippen molar-refractivity contribution < 1.29 is 9.47 Å². The van der Waals surface area contributed by atoms with Crippen LogP contribution in [-0.4, -0.2) is 22.8 Å². The molecule has 0 spiro atoms. The molecule has 0 aliphatic carbocycles. The highest BCUT2D eigenvalue weighted by molar-refractivity contribution is 6.35. The number of hydrogen-bond acceptors (Lipinski definition) is 3. The minimum Gasteiger partial charge on any atom is -0.346 e. The highest BCUT2D eigenvalue weighted by atomic mass is 35.5. The van der Waals surface area contributed by atoms with Crippen LogP contribution in [0, 0.1) is 0 Å². The molecule has 5 heteroatoms. The summed E-state index contributed by atoms with van der Waals surface area (Å²) in [4.78, 5) is 4.66. The summed E-state index contributed by atoms with van der Waals surface area (Å²) in [7, 11) is 0. The lowest BCUT2D eigenvalue weighted by Gasteiger charge is -2.20. The SMILES string of the molecule is CCOC(OCC)c1nc2cccc(Cl)c2n1C(C)C. The summed E-state index contributed by atoms with van der Waals surface area (Å²) in [5, 5.41) is 0.696. The molecule has 1 aromatic heterocycles. The Labute approximate surface area is 124 Å². The van der Waals surface area contributed by atoms with Crippen molar-refractivity contribution in [3.63, 3.8) is 0 Å². The first-order chi connectivity index (χ1) is 9.60. The van der Waals surface area contributed by atoms with Gasteiger partial charge in [0.1, 0.15) is 0 Å². The third-order valence-corrected chi connectivity index (χ3v) is 3.36. The zero-order chi connectivity index (χ0) is 14.7. The fourth-order valence-corrected chi connectivity index (χ4v) is 2.57. The molecule has 0 bridgehead atoms. The molecule has 4 nitrogen and oxygen atoms in total. The summed E-state index contributed by atoms with van der Waals surface area (Å²) >= 11 is 6.34. The molecule has 0 atom stereocenters. The summed E-state index contributed by atoms with van der Waals surface area (Å²) < 4.78 is 13.5. The zero-order valence-electron chi connectivity index (χ0n) is 12.4. The number of imidazole rings is 1. The van der Waals surface area contributed by atoms with Crippen molar-refractivity contribution in [3.05, 3.63) is 29.0 Å². The van der Waals surface area contributed by atoms with Crippen LogP contribution in [0.2, 0.25) is 5.02 Å². The maximum atomic E-state index is 6.34. The van der Waals surface area contributed by atoms with E-state index in [-0.39, 0.29) is 6.04 Å². The van der Waals surface area contributed by atoms with Gasteiger partial charge in [-0.1, -0.05) is 17.7 Å². The summed E-state index contributed by atoms with van der Waals surface area (Å²) in [5.74, 6) is 0.770. The van der Waals surface area contributed by atoms with Gasteiger partial charge >= 0.3 is 0 Å². The molecule has 0 saturated carbocycles. The van der Waals surface area contributed by atoms with Crippen LogP contribution in [0.1, 0.15) is 45.9 Å². The van der Waals surface area contributed by atoms with Crippen molar-refractivity contribution >= 4 is 22.6 Å². The topological polar surface area (TPSA) is 36.3 Å². The first-order valence-electron chi connectivity index (χ1n) is 6.99. The maximum absolute atomic E-state index is 6.34. The number of benzene rings is 1. The fourth-order valence-electron chi connectivity index (χ4n) is 2.31. The van der Waals surface area contributed by atoms with E-state index >= 15 is 0 Å². The number of aromatic nitrogens is 2. The Bertz CT molecular complexity index is 575. The van der Waals surface area contributed by atoms with Crippen molar-refractivity contribution in [1.82, 2.24) is 9.55 Å². The largest absolute Gasteiger partial charge is 0.346 e. The number of para-hydroxylation sites is 1. The summed E-state index contributed by atoms with van der Waals surface area (Å²) in [5.41, 5.74) is 1.80. The molecule has 0 unspecified atom stereocenters. The quantitative estimate of drug-likeness (QED) is 0.744. The predicted octanol–water partition coefficient (Wildman–Crippen LogP) is 4.34. The van der Waals surface area contributed by atoms with Gasteiger partial charge in [0.25, 0.3) is 0 Å². The Morgan fingerprint density at radius 1 is 1.20 bits per heavy atom. The van der Waals surface area contributed by atoms with E-state index in [1.54, 1.807) is 0 Å². The van der Waals surface area contributed by atoms with E-state index in [4.69, 9.17) is 21.1 Å². The van der Waals surface area contributed by atoms with Gasteiger partial charge in [-0.15, -0.1) is 0 Å². The van der Waals surface area contributed by atoms with Crippen LogP contribution in [0.25, 0.3) is 11.0 Å². The van der Waals surface area contributed by atoms with E-state index in [2.05, 4.69) is 23.4 Å². The zero-order valence-corrected chi connectivity index (χ0v) is 13.1. The summed E-state index contributed by atoms with van der Waals surface area (Å²) in [6, 6.07) is 5.96. The molecule has 0 amide bonds. The second-order valence-corrected chi connectivity index (χ2v) is 5.19. The Morgan fingerprint density at radius 3 is 2.40 bits per heavy atom. The number of hydrogen-bond donors (Lipinski definition) is 0. The molecule has 0 N–H and O–H groups in total. The van der Waals surface area contributed by atoms with Gasteiger partial charge in [-0.3, -0.25) is 0 Å². The van der Waals surface area contributed by atoms with Crippen molar-refractivity contribution in [2.45, 2.75) is 40.0 Å². The van der Waals surface area contributed by atoms with Crippen LogP contribution in [0.15, 0.2) is 18.2 Å². The lowest BCUT2D eigenvalue weighted by Crippen LogP contribution is -2.16. The van der Waals surface area contributed by atoms with Crippen molar-refractivity contribution in [3.8, 4) is 0 Å². The molecule has 0 aliphatic rings. The minimum absolute atomic E-state index is 0.221. The number of rotatable bonds is 6. The molecule has 2 rings (SSSR count). The van der Waals surface area contributed by atoms with Crippen molar-refractivity contribution in [2.75, 3.05) is 13.2 Å². The van der Waals surface area contributed by atoms with Gasteiger partial charge < -0.3 is 14.0 Å². The Morgan fingerprint density at radius 2 is 1.85 bits per heavy atom. The molecular weight excluding hydrogens is 276 g/mol. The van der Waals surface area contributed by atoms with E-state index in [1.165, 1.54) is 0 Å². The molecule has 0 saturated heterocycles. The number of nitrogens with zero attached hydrogens (tertiary/aromatic N) is 2.